The summed E-state index contributed by atoms with van der Waals surface area (Å²) in [6, 6.07) is 55.8. The van der Waals surface area contributed by atoms with Gasteiger partial charge in [0.15, 0.2) is 0 Å². The highest BCUT2D eigenvalue weighted by atomic mass is 15.1. The zero-order valence-electron chi connectivity index (χ0n) is 25.0. The molecular formula is C42H28N4. The number of hydrogen-bond donors (Lipinski definition) is 0. The third-order valence-corrected chi connectivity index (χ3v) is 8.82. The van der Waals surface area contributed by atoms with E-state index in [1.54, 1.807) is 6.20 Å². The van der Waals surface area contributed by atoms with Gasteiger partial charge in [-0.3, -0.25) is 4.98 Å². The van der Waals surface area contributed by atoms with Gasteiger partial charge in [0, 0.05) is 50.4 Å². The number of aromatic nitrogens is 3. The molecular weight excluding hydrogens is 560 g/mol. The molecule has 0 aliphatic carbocycles. The summed E-state index contributed by atoms with van der Waals surface area (Å²) in [5.41, 5.74) is 10.9. The molecule has 216 valence electrons. The first-order valence-corrected chi connectivity index (χ1v) is 15.5. The van der Waals surface area contributed by atoms with E-state index < -0.39 is 0 Å². The number of rotatable bonds is 5. The summed E-state index contributed by atoms with van der Waals surface area (Å²) >= 11 is 0. The predicted molar refractivity (Wildman–Crippen MR) is 192 cm³/mol. The molecule has 9 rings (SSSR count). The molecule has 0 atom stereocenters. The number of nitrogens with zero attached hydrogens (tertiary/aromatic N) is 4. The highest BCUT2D eigenvalue weighted by Crippen LogP contribution is 2.41. The van der Waals surface area contributed by atoms with Crippen LogP contribution in [-0.2, 0) is 0 Å². The lowest BCUT2D eigenvalue weighted by atomic mass is 9.95. The monoisotopic (exact) mass is 588 g/mol. The van der Waals surface area contributed by atoms with Crippen LogP contribution in [-0.4, -0.2) is 14.5 Å². The minimum atomic E-state index is 0.944. The molecule has 0 amide bonds. The molecule has 0 radical (unpaired) electrons. The van der Waals surface area contributed by atoms with Crippen molar-refractivity contribution in [2.75, 3.05) is 4.90 Å². The summed E-state index contributed by atoms with van der Waals surface area (Å²) in [5, 5.41) is 4.74. The van der Waals surface area contributed by atoms with Crippen molar-refractivity contribution in [2.45, 2.75) is 0 Å². The number of benzene rings is 6. The maximum Gasteiger partial charge on any atom is 0.0736 e. The highest BCUT2D eigenvalue weighted by molar-refractivity contribution is 6.14. The van der Waals surface area contributed by atoms with E-state index in [9.17, 15) is 0 Å². The number of fused-ring (bicyclic) bond motifs is 5. The van der Waals surface area contributed by atoms with Crippen LogP contribution in [0.3, 0.4) is 0 Å². The van der Waals surface area contributed by atoms with Crippen LogP contribution in [0.25, 0.3) is 60.4 Å². The van der Waals surface area contributed by atoms with Crippen molar-refractivity contribution < 1.29 is 0 Å². The molecule has 6 aromatic carbocycles. The first-order chi connectivity index (χ1) is 22.8. The van der Waals surface area contributed by atoms with Gasteiger partial charge >= 0.3 is 0 Å². The Morgan fingerprint density at radius 2 is 1.13 bits per heavy atom. The molecule has 0 fully saturated rings. The molecule has 0 bridgehead atoms. The first-order valence-electron chi connectivity index (χ1n) is 15.5. The Morgan fingerprint density at radius 3 is 1.96 bits per heavy atom. The van der Waals surface area contributed by atoms with Crippen molar-refractivity contribution >= 4 is 60.7 Å². The Hall–Kier alpha value is -6.26. The summed E-state index contributed by atoms with van der Waals surface area (Å²) in [7, 11) is 0. The van der Waals surface area contributed by atoms with Gasteiger partial charge in [0.1, 0.15) is 0 Å². The summed E-state index contributed by atoms with van der Waals surface area (Å²) < 4.78 is 2.38. The normalized spacial score (nSPS) is 11.5. The van der Waals surface area contributed by atoms with Crippen molar-refractivity contribution in [1.29, 1.82) is 0 Å². The van der Waals surface area contributed by atoms with Gasteiger partial charge in [-0.25, -0.2) is 4.98 Å². The summed E-state index contributed by atoms with van der Waals surface area (Å²) in [6.07, 6.45) is 3.71. The summed E-state index contributed by atoms with van der Waals surface area (Å²) in [6.45, 7) is 0. The van der Waals surface area contributed by atoms with E-state index >= 15 is 0 Å². The average Bonchev–Trinajstić information content (AvgIpc) is 3.45. The molecule has 0 spiro atoms. The molecule has 4 heteroatoms. The van der Waals surface area contributed by atoms with E-state index in [-0.39, 0.29) is 0 Å². The van der Waals surface area contributed by atoms with Gasteiger partial charge in [-0.05, 0) is 72.3 Å². The Kier molecular flexibility index (Phi) is 6.10. The molecule has 0 saturated heterocycles. The quantitative estimate of drug-likeness (QED) is 0.188. The van der Waals surface area contributed by atoms with Gasteiger partial charge in [0.2, 0.25) is 0 Å². The maximum absolute atomic E-state index is 5.21. The molecule has 46 heavy (non-hydrogen) atoms. The molecule has 0 aliphatic rings. The van der Waals surface area contributed by atoms with Crippen LogP contribution in [0.15, 0.2) is 170 Å². The largest absolute Gasteiger partial charge is 0.309 e. The summed E-state index contributed by atoms with van der Waals surface area (Å²) in [5.74, 6) is 0. The van der Waals surface area contributed by atoms with E-state index in [1.807, 2.05) is 18.3 Å². The number of anilines is 3. The number of para-hydroxylation sites is 4. The van der Waals surface area contributed by atoms with Gasteiger partial charge in [-0.1, -0.05) is 91.0 Å². The lowest BCUT2D eigenvalue weighted by Gasteiger charge is -2.25. The number of hydrogen-bond acceptors (Lipinski definition) is 3. The van der Waals surface area contributed by atoms with Crippen molar-refractivity contribution in [3.05, 3.63) is 170 Å². The fourth-order valence-corrected chi connectivity index (χ4v) is 6.82. The van der Waals surface area contributed by atoms with Crippen LogP contribution in [0.5, 0.6) is 0 Å². The van der Waals surface area contributed by atoms with E-state index in [2.05, 4.69) is 160 Å². The van der Waals surface area contributed by atoms with Gasteiger partial charge in [0.05, 0.1) is 34.0 Å². The van der Waals surface area contributed by atoms with Crippen LogP contribution in [0.1, 0.15) is 0 Å². The van der Waals surface area contributed by atoms with Crippen LogP contribution in [0, 0.1) is 0 Å². The first kappa shape index (κ1) is 26.2. The molecule has 0 aliphatic heterocycles. The van der Waals surface area contributed by atoms with E-state index in [4.69, 9.17) is 4.98 Å². The van der Waals surface area contributed by atoms with Gasteiger partial charge in [-0.15, -0.1) is 0 Å². The maximum atomic E-state index is 5.21. The topological polar surface area (TPSA) is 34.0 Å². The lowest BCUT2D eigenvalue weighted by molar-refractivity contribution is 1.18. The van der Waals surface area contributed by atoms with E-state index in [0.29, 0.717) is 0 Å². The fourth-order valence-electron chi connectivity index (χ4n) is 6.82. The van der Waals surface area contributed by atoms with Gasteiger partial charge < -0.3 is 9.47 Å². The second-order valence-electron chi connectivity index (χ2n) is 11.5. The van der Waals surface area contributed by atoms with Gasteiger partial charge in [0.25, 0.3) is 0 Å². The molecule has 0 saturated carbocycles. The summed E-state index contributed by atoms with van der Waals surface area (Å²) in [4.78, 5) is 11.9. The van der Waals surface area contributed by atoms with Crippen molar-refractivity contribution in [3.8, 4) is 16.8 Å². The minimum Gasteiger partial charge on any atom is -0.309 e. The zero-order valence-corrected chi connectivity index (χ0v) is 25.0. The SMILES string of the molecule is c1ccc(N(c2cccnc2)c2ccc3c(-c4ccc5c6ccccc6n(-c6ccccc6)c5c4)c4ccccc4nc3c2)cc1. The molecule has 4 nitrogen and oxygen atoms in total. The average molecular weight is 589 g/mol. The van der Waals surface area contributed by atoms with Crippen molar-refractivity contribution in [3.63, 3.8) is 0 Å². The Balaban J connectivity index is 1.30. The van der Waals surface area contributed by atoms with Gasteiger partial charge in [-0.2, -0.15) is 0 Å². The zero-order chi connectivity index (χ0) is 30.5. The third kappa shape index (κ3) is 4.23. The Morgan fingerprint density at radius 1 is 0.457 bits per heavy atom. The predicted octanol–water partition coefficient (Wildman–Crippen LogP) is 11.0. The minimum absolute atomic E-state index is 0.944. The fraction of sp³-hybridized carbons (Fsp3) is 0. The van der Waals surface area contributed by atoms with Crippen molar-refractivity contribution in [2.24, 2.45) is 0 Å². The third-order valence-electron chi connectivity index (χ3n) is 8.82. The molecule has 0 unspecified atom stereocenters. The molecule has 9 aromatic rings. The molecule has 3 heterocycles. The van der Waals surface area contributed by atoms with E-state index in [1.165, 1.54) is 27.4 Å². The second-order valence-corrected chi connectivity index (χ2v) is 11.5. The Labute approximate surface area is 266 Å². The standard InChI is InChI=1S/C42H28N4/c1-3-12-30(13-4-1)45(33-16-11-25-43-28-33)32-22-24-37-39(27-32)44-38-19-9-7-18-36(38)42(37)29-21-23-35-34-17-8-10-20-40(34)46(41(35)26-29)31-14-5-2-6-15-31/h1-28H. The lowest BCUT2D eigenvalue weighted by Crippen LogP contribution is -2.10. The highest BCUT2D eigenvalue weighted by Gasteiger charge is 2.18. The Bertz CT molecular complexity index is 2480. The second kappa shape index (κ2) is 10.7. The van der Waals surface area contributed by atoms with Crippen LogP contribution < -0.4 is 4.90 Å². The molecule has 0 N–H and O–H groups in total. The van der Waals surface area contributed by atoms with E-state index in [0.717, 1.165) is 50.1 Å². The van der Waals surface area contributed by atoms with Crippen LogP contribution >= 0.6 is 0 Å². The smallest absolute Gasteiger partial charge is 0.0736 e. The van der Waals surface area contributed by atoms with Crippen LogP contribution in [0.2, 0.25) is 0 Å². The number of pyridine rings is 2. The van der Waals surface area contributed by atoms with Crippen LogP contribution in [0.4, 0.5) is 17.1 Å². The van der Waals surface area contributed by atoms with Crippen molar-refractivity contribution in [1.82, 2.24) is 14.5 Å². The molecule has 3 aromatic heterocycles.